The minimum absolute atomic E-state index is 0.105. The van der Waals surface area contributed by atoms with E-state index < -0.39 is 10.0 Å². The van der Waals surface area contributed by atoms with Crippen LogP contribution in [0.5, 0.6) is 0 Å². The summed E-state index contributed by atoms with van der Waals surface area (Å²) in [5.41, 5.74) is 3.37. The van der Waals surface area contributed by atoms with E-state index in [0.717, 1.165) is 36.0 Å². The molecule has 0 aliphatic carbocycles. The van der Waals surface area contributed by atoms with Crippen LogP contribution >= 0.6 is 0 Å². The van der Waals surface area contributed by atoms with Crippen molar-refractivity contribution >= 4 is 16.1 Å². The summed E-state index contributed by atoms with van der Waals surface area (Å²) in [4.78, 5) is 0.385. The van der Waals surface area contributed by atoms with Crippen molar-refractivity contribution in [2.75, 3.05) is 6.54 Å². The molecule has 1 aliphatic heterocycles. The quantitative estimate of drug-likeness (QED) is 0.667. The van der Waals surface area contributed by atoms with Crippen molar-refractivity contribution in [3.63, 3.8) is 0 Å². The van der Waals surface area contributed by atoms with Crippen molar-refractivity contribution in [1.82, 2.24) is 4.31 Å². The van der Waals surface area contributed by atoms with Crippen molar-refractivity contribution < 1.29 is 8.42 Å². The maximum Gasteiger partial charge on any atom is 0.243 e. The molecule has 3 rings (SSSR count). The lowest BCUT2D eigenvalue weighted by molar-refractivity contribution is 0.275. The van der Waals surface area contributed by atoms with Gasteiger partial charge in [-0.05, 0) is 56.2 Å². The lowest BCUT2D eigenvalue weighted by Gasteiger charge is -2.33. The Morgan fingerprint density at radius 1 is 1.07 bits per heavy atom. The van der Waals surface area contributed by atoms with E-state index in [9.17, 15) is 8.42 Å². The lowest BCUT2D eigenvalue weighted by atomic mass is 9.81. The largest absolute Gasteiger partial charge is 0.243 e. The summed E-state index contributed by atoms with van der Waals surface area (Å²) >= 11 is 0. The zero-order valence-electron chi connectivity index (χ0n) is 17.4. The van der Waals surface area contributed by atoms with Crippen LogP contribution in [0.3, 0.4) is 0 Å². The third-order valence-corrected chi connectivity index (χ3v) is 7.60. The Labute approximate surface area is 170 Å². The second-order valence-electron chi connectivity index (χ2n) is 8.72. The SMILES string of the molecule is C/C(=C\c1ccccc1)C1CC(C)(C)CCCN1S(=O)(=O)c1ccc(C)cc1. The molecule has 2 aromatic carbocycles. The lowest BCUT2D eigenvalue weighted by Crippen LogP contribution is -2.41. The molecule has 1 heterocycles. The fraction of sp³-hybridized carbons (Fsp3) is 0.417. The predicted molar refractivity (Wildman–Crippen MR) is 117 cm³/mol. The first-order valence-corrected chi connectivity index (χ1v) is 11.4. The summed E-state index contributed by atoms with van der Waals surface area (Å²) in [5.74, 6) is 0. The minimum atomic E-state index is -3.55. The van der Waals surface area contributed by atoms with Gasteiger partial charge in [-0.25, -0.2) is 8.42 Å². The van der Waals surface area contributed by atoms with Gasteiger partial charge in [0, 0.05) is 12.6 Å². The van der Waals surface area contributed by atoms with E-state index in [1.54, 1.807) is 16.4 Å². The molecule has 150 valence electrons. The van der Waals surface area contributed by atoms with Gasteiger partial charge in [-0.2, -0.15) is 4.31 Å². The molecule has 0 aromatic heterocycles. The van der Waals surface area contributed by atoms with Crippen molar-refractivity contribution in [3.05, 3.63) is 71.3 Å². The highest BCUT2D eigenvalue weighted by atomic mass is 32.2. The van der Waals surface area contributed by atoms with Crippen LogP contribution in [0.15, 0.2) is 65.1 Å². The summed E-state index contributed by atoms with van der Waals surface area (Å²) in [5, 5.41) is 0. The summed E-state index contributed by atoms with van der Waals surface area (Å²) in [6.45, 7) is 9.09. The Balaban J connectivity index is 2.03. The van der Waals surface area contributed by atoms with Gasteiger partial charge in [0.1, 0.15) is 0 Å². The van der Waals surface area contributed by atoms with Gasteiger partial charge >= 0.3 is 0 Å². The van der Waals surface area contributed by atoms with E-state index in [1.807, 2.05) is 37.3 Å². The molecule has 1 fully saturated rings. The van der Waals surface area contributed by atoms with Gasteiger partial charge in [-0.3, -0.25) is 0 Å². The van der Waals surface area contributed by atoms with Crippen molar-refractivity contribution in [2.24, 2.45) is 5.41 Å². The van der Waals surface area contributed by atoms with Gasteiger partial charge in [0.05, 0.1) is 4.90 Å². The summed E-state index contributed by atoms with van der Waals surface area (Å²) in [6, 6.07) is 17.2. The van der Waals surface area contributed by atoms with E-state index in [1.165, 1.54) is 0 Å². The maximum atomic E-state index is 13.5. The first kappa shape index (κ1) is 20.8. The van der Waals surface area contributed by atoms with Crippen LogP contribution in [0.25, 0.3) is 6.08 Å². The highest BCUT2D eigenvalue weighted by Crippen LogP contribution is 2.38. The zero-order valence-corrected chi connectivity index (χ0v) is 18.2. The highest BCUT2D eigenvalue weighted by Gasteiger charge is 2.38. The zero-order chi connectivity index (χ0) is 20.4. The highest BCUT2D eigenvalue weighted by molar-refractivity contribution is 7.89. The van der Waals surface area contributed by atoms with Gasteiger partial charge in [0.15, 0.2) is 0 Å². The van der Waals surface area contributed by atoms with Crippen molar-refractivity contribution in [3.8, 4) is 0 Å². The summed E-state index contributed by atoms with van der Waals surface area (Å²) < 4.78 is 28.8. The smallest absolute Gasteiger partial charge is 0.207 e. The molecule has 28 heavy (non-hydrogen) atoms. The van der Waals surface area contributed by atoms with Gasteiger partial charge < -0.3 is 0 Å². The van der Waals surface area contributed by atoms with Crippen LogP contribution < -0.4 is 0 Å². The Morgan fingerprint density at radius 2 is 1.71 bits per heavy atom. The number of nitrogens with zero attached hydrogens (tertiary/aromatic N) is 1. The van der Waals surface area contributed by atoms with Crippen LogP contribution in [0.1, 0.15) is 51.2 Å². The van der Waals surface area contributed by atoms with Gasteiger partial charge in [0.25, 0.3) is 0 Å². The normalized spacial score (nSPS) is 21.3. The molecule has 0 saturated carbocycles. The number of benzene rings is 2. The Morgan fingerprint density at radius 3 is 2.36 bits per heavy atom. The summed E-state index contributed by atoms with van der Waals surface area (Å²) in [6.07, 6.45) is 4.87. The van der Waals surface area contributed by atoms with Crippen molar-refractivity contribution in [1.29, 1.82) is 0 Å². The number of aryl methyl sites for hydroxylation is 1. The second kappa shape index (κ2) is 8.22. The average Bonchev–Trinajstić information content (AvgIpc) is 2.81. The molecule has 1 aliphatic rings. The molecule has 1 saturated heterocycles. The third kappa shape index (κ3) is 4.73. The van der Waals surface area contributed by atoms with Crippen LogP contribution in [0, 0.1) is 12.3 Å². The molecule has 1 atom stereocenters. The molecule has 0 amide bonds. The first-order chi connectivity index (χ1) is 13.2. The van der Waals surface area contributed by atoms with Gasteiger partial charge in [0.2, 0.25) is 10.0 Å². The number of rotatable bonds is 4. The fourth-order valence-corrected chi connectivity index (χ4v) is 5.72. The number of sulfonamides is 1. The van der Waals surface area contributed by atoms with Crippen molar-refractivity contribution in [2.45, 2.75) is 57.9 Å². The Bertz CT molecular complexity index is 928. The molecular formula is C24H31NO2S. The van der Waals surface area contributed by atoms with Gasteiger partial charge in [-0.15, -0.1) is 0 Å². The van der Waals surface area contributed by atoms with Gasteiger partial charge in [-0.1, -0.05) is 73.5 Å². The number of hydrogen-bond donors (Lipinski definition) is 0. The van der Waals surface area contributed by atoms with E-state index >= 15 is 0 Å². The molecule has 0 spiro atoms. The standard InChI is InChI=1S/C24H31NO2S/c1-19-11-13-22(14-12-19)28(26,27)25-16-8-15-24(3,4)18-23(25)20(2)17-21-9-6-5-7-10-21/h5-7,9-14,17,23H,8,15-16,18H2,1-4H3/b20-17+. The summed E-state index contributed by atoms with van der Waals surface area (Å²) in [7, 11) is -3.55. The van der Waals surface area contributed by atoms with E-state index in [-0.39, 0.29) is 11.5 Å². The molecule has 0 bridgehead atoms. The molecule has 1 unspecified atom stereocenters. The Hall–Kier alpha value is -1.91. The van der Waals surface area contributed by atoms with Crippen LogP contribution in [-0.2, 0) is 10.0 Å². The van der Waals surface area contributed by atoms with E-state index in [4.69, 9.17) is 0 Å². The van der Waals surface area contributed by atoms with E-state index in [2.05, 4.69) is 39.0 Å². The van der Waals surface area contributed by atoms with E-state index in [0.29, 0.717) is 11.4 Å². The number of hydrogen-bond acceptors (Lipinski definition) is 2. The monoisotopic (exact) mass is 397 g/mol. The third-order valence-electron chi connectivity index (χ3n) is 5.67. The first-order valence-electron chi connectivity index (χ1n) is 10.0. The van der Waals surface area contributed by atoms with Crippen LogP contribution in [-0.4, -0.2) is 25.3 Å². The molecular weight excluding hydrogens is 366 g/mol. The molecule has 3 nitrogen and oxygen atoms in total. The minimum Gasteiger partial charge on any atom is -0.207 e. The Kier molecular flexibility index (Phi) is 6.11. The fourth-order valence-electron chi connectivity index (χ4n) is 4.03. The van der Waals surface area contributed by atoms with Crippen LogP contribution in [0.2, 0.25) is 0 Å². The second-order valence-corrected chi connectivity index (χ2v) is 10.6. The predicted octanol–water partition coefficient (Wildman–Crippen LogP) is 5.67. The molecule has 0 N–H and O–H groups in total. The maximum absolute atomic E-state index is 13.5. The molecule has 4 heteroatoms. The van der Waals surface area contributed by atoms with Crippen LogP contribution in [0.4, 0.5) is 0 Å². The average molecular weight is 398 g/mol. The molecule has 2 aromatic rings. The topological polar surface area (TPSA) is 37.4 Å². The molecule has 0 radical (unpaired) electrons.